The van der Waals surface area contributed by atoms with Crippen molar-refractivity contribution < 1.29 is 19.8 Å². The fraction of sp³-hybridized carbons (Fsp3) is 0.257. The molecule has 4 aromatic rings. The van der Waals surface area contributed by atoms with Gasteiger partial charge in [-0.3, -0.25) is 9.59 Å². The molecule has 0 saturated heterocycles. The van der Waals surface area contributed by atoms with E-state index in [1.807, 2.05) is 31.3 Å². The van der Waals surface area contributed by atoms with Crippen LogP contribution in [0.2, 0.25) is 0 Å². The molecule has 4 rings (SSSR count). The van der Waals surface area contributed by atoms with Gasteiger partial charge in [0.15, 0.2) is 12.6 Å². The summed E-state index contributed by atoms with van der Waals surface area (Å²) in [7, 11) is 3.70. The average molecular weight is 611 g/mol. The molecule has 0 saturated carbocycles. The molecule has 0 aliphatic heterocycles. The summed E-state index contributed by atoms with van der Waals surface area (Å²) in [6.45, 7) is 5.04. The lowest BCUT2D eigenvalue weighted by molar-refractivity contribution is 0.0961. The number of aliphatic hydroxyl groups excluding tert-OH is 2. The van der Waals surface area contributed by atoms with E-state index in [0.717, 1.165) is 23.0 Å². The number of terminal acetylenes is 1. The lowest BCUT2D eigenvalue weighted by Gasteiger charge is -2.09. The van der Waals surface area contributed by atoms with Crippen LogP contribution in [-0.2, 0) is 6.54 Å². The Morgan fingerprint density at radius 3 is 2.16 bits per heavy atom. The molecule has 10 heteroatoms. The van der Waals surface area contributed by atoms with E-state index in [2.05, 4.69) is 70.0 Å². The quantitative estimate of drug-likeness (QED) is 0.109. The number of aryl methyl sites for hydroxylation is 1. The number of carbonyl (C=O) groups is 2. The van der Waals surface area contributed by atoms with Crippen LogP contribution in [0.25, 0.3) is 11.1 Å². The summed E-state index contributed by atoms with van der Waals surface area (Å²) in [5.74, 6) is 3.14. The third-order valence-electron chi connectivity index (χ3n) is 6.70. The molecule has 236 valence electrons. The zero-order chi connectivity index (χ0) is 33.2. The first-order valence-electron chi connectivity index (χ1n) is 14.3. The highest BCUT2D eigenvalue weighted by Crippen LogP contribution is 2.22. The van der Waals surface area contributed by atoms with Crippen LogP contribution in [0.3, 0.4) is 0 Å². The number of likely N-dealkylation sites (N-methyl/N-ethyl adjacent to an activating group) is 1. The molecule has 0 aliphatic rings. The van der Waals surface area contributed by atoms with Crippen molar-refractivity contribution in [3.63, 3.8) is 0 Å². The number of nitrogens with one attached hydrogen (secondary N) is 3. The maximum absolute atomic E-state index is 11.2. The minimum absolute atomic E-state index is 0.166. The first-order chi connectivity index (χ1) is 21.7. The number of nitrogens with zero attached hydrogens (tertiary/aromatic N) is 2. The van der Waals surface area contributed by atoms with Gasteiger partial charge in [-0.15, -0.1) is 6.42 Å². The fourth-order valence-electron chi connectivity index (χ4n) is 3.87. The first-order valence-corrected chi connectivity index (χ1v) is 14.3. The van der Waals surface area contributed by atoms with E-state index < -0.39 is 6.10 Å². The highest BCUT2D eigenvalue weighted by molar-refractivity contribution is 5.84. The maximum Gasteiger partial charge on any atom is 0.153 e. The van der Waals surface area contributed by atoms with Crippen molar-refractivity contribution in [2.45, 2.75) is 32.5 Å². The topological polar surface area (TPSA) is 162 Å². The van der Waals surface area contributed by atoms with Crippen LogP contribution in [-0.4, -0.2) is 66.1 Å². The molecule has 0 amide bonds. The number of pyridine rings is 2. The van der Waals surface area contributed by atoms with E-state index in [1.54, 1.807) is 25.4 Å². The molecule has 2 aromatic heterocycles. The lowest BCUT2D eigenvalue weighted by Crippen LogP contribution is -2.26. The molecule has 0 spiro atoms. The van der Waals surface area contributed by atoms with Crippen LogP contribution < -0.4 is 21.7 Å². The highest BCUT2D eigenvalue weighted by Gasteiger charge is 2.07. The number of carbonyl (C=O) groups excluding carboxylic acids is 2. The van der Waals surface area contributed by atoms with Crippen molar-refractivity contribution in [3.8, 4) is 23.5 Å². The number of aldehydes is 2. The van der Waals surface area contributed by atoms with Gasteiger partial charge in [0.05, 0.1) is 23.8 Å². The fourth-order valence-corrected chi connectivity index (χ4v) is 3.87. The van der Waals surface area contributed by atoms with Crippen LogP contribution in [0.4, 0.5) is 11.6 Å². The van der Waals surface area contributed by atoms with Gasteiger partial charge < -0.3 is 31.9 Å². The monoisotopic (exact) mass is 610 g/mol. The van der Waals surface area contributed by atoms with Crippen LogP contribution in [0.15, 0.2) is 73.1 Å². The number of benzene rings is 2. The van der Waals surface area contributed by atoms with E-state index in [1.165, 1.54) is 17.3 Å². The largest absolute Gasteiger partial charge is 0.394 e. The summed E-state index contributed by atoms with van der Waals surface area (Å²) in [5.41, 5.74) is 12.4. The van der Waals surface area contributed by atoms with Gasteiger partial charge in [-0.2, -0.15) is 0 Å². The second kappa shape index (κ2) is 19.4. The first kappa shape index (κ1) is 36.3. The molecular weight excluding hydrogens is 568 g/mol. The van der Waals surface area contributed by atoms with Gasteiger partial charge in [-0.1, -0.05) is 60.0 Å². The molecule has 0 radical (unpaired) electrons. The highest BCUT2D eigenvalue weighted by atomic mass is 16.3. The molecule has 10 nitrogen and oxygen atoms in total. The third kappa shape index (κ3) is 11.9. The Labute approximate surface area is 265 Å². The second-order valence-corrected chi connectivity index (χ2v) is 10.1. The van der Waals surface area contributed by atoms with Gasteiger partial charge in [-0.25, -0.2) is 9.97 Å². The van der Waals surface area contributed by atoms with E-state index in [9.17, 15) is 9.59 Å². The normalized spacial score (nSPS) is 11.4. The van der Waals surface area contributed by atoms with Crippen LogP contribution >= 0.6 is 0 Å². The van der Waals surface area contributed by atoms with Crippen molar-refractivity contribution in [3.05, 3.63) is 106 Å². The van der Waals surface area contributed by atoms with Gasteiger partial charge >= 0.3 is 0 Å². The van der Waals surface area contributed by atoms with Crippen LogP contribution in [0, 0.1) is 19.3 Å². The smallest absolute Gasteiger partial charge is 0.153 e. The van der Waals surface area contributed by atoms with Crippen molar-refractivity contribution in [1.29, 1.82) is 0 Å². The summed E-state index contributed by atoms with van der Waals surface area (Å²) in [6, 6.07) is 20.1. The second-order valence-electron chi connectivity index (χ2n) is 10.1. The van der Waals surface area contributed by atoms with Gasteiger partial charge in [0.1, 0.15) is 11.6 Å². The van der Waals surface area contributed by atoms with E-state index >= 15 is 0 Å². The summed E-state index contributed by atoms with van der Waals surface area (Å²) in [6.07, 6.45) is 9.29. The molecule has 7 N–H and O–H groups in total. The van der Waals surface area contributed by atoms with Crippen molar-refractivity contribution >= 4 is 24.2 Å². The van der Waals surface area contributed by atoms with Crippen LogP contribution in [0.5, 0.6) is 0 Å². The number of hydrogen-bond acceptors (Lipinski definition) is 10. The maximum atomic E-state index is 11.2. The molecule has 2 aromatic carbocycles. The zero-order valence-corrected chi connectivity index (χ0v) is 26.1. The van der Waals surface area contributed by atoms with Crippen molar-refractivity contribution in [2.24, 2.45) is 0 Å². The Morgan fingerprint density at radius 2 is 1.62 bits per heavy atom. The standard InChI is InChI=1S/C21H16N4O2.C10H15N.C4H11NO2/c1-2-14-7-19(13-27)21(24-9-14)25-10-15-3-5-16(6-4-15)17-8-18(12-26)20(22)23-11-17;1-8-4-6-10(7-5-8)9(2)11-3;1-5-2-4(7)3-6/h1,3-9,11-13H,10H2,(H2,22,23)(H,24,25);4-7,9,11H,1-3H3;4-7H,2-3H2,1H3/t;9-;/m.0./s1. The third-order valence-corrected chi connectivity index (χ3v) is 6.70. The number of aliphatic hydroxyl groups is 2. The number of rotatable bonds is 11. The predicted octanol–water partition coefficient (Wildman–Crippen LogP) is 3.78. The minimum atomic E-state index is -0.606. The zero-order valence-electron chi connectivity index (χ0n) is 26.1. The van der Waals surface area contributed by atoms with E-state index in [-0.39, 0.29) is 12.4 Å². The molecule has 0 bridgehead atoms. The number of nitrogens with two attached hydrogens (primary N) is 1. The average Bonchev–Trinajstić information content (AvgIpc) is 3.08. The SMILES string of the molecule is C#Cc1cnc(NCc2ccc(-c3cnc(N)c(C=O)c3)cc2)c(C=O)c1.CNCC(O)CO.CN[C@@H](C)c1ccc(C)cc1. The molecule has 2 heterocycles. The van der Waals surface area contributed by atoms with Crippen LogP contribution in [0.1, 0.15) is 55.9 Å². The Kier molecular flexibility index (Phi) is 15.6. The molecule has 45 heavy (non-hydrogen) atoms. The molecule has 1 unspecified atom stereocenters. The van der Waals surface area contributed by atoms with E-state index in [4.69, 9.17) is 22.4 Å². The van der Waals surface area contributed by atoms with Gasteiger partial charge in [0.25, 0.3) is 0 Å². The number of nitrogen functional groups attached to an aromatic ring is 1. The summed E-state index contributed by atoms with van der Waals surface area (Å²) >= 11 is 0. The number of aromatic nitrogens is 2. The van der Waals surface area contributed by atoms with E-state index in [0.29, 0.717) is 47.9 Å². The van der Waals surface area contributed by atoms with Gasteiger partial charge in [0.2, 0.25) is 0 Å². The lowest BCUT2D eigenvalue weighted by atomic mass is 10.0. The molecule has 0 aliphatic carbocycles. The van der Waals surface area contributed by atoms with Crippen molar-refractivity contribution in [2.75, 3.05) is 38.3 Å². The van der Waals surface area contributed by atoms with Gasteiger partial charge in [-0.05, 0) is 56.8 Å². The molecule has 0 fully saturated rings. The summed E-state index contributed by atoms with van der Waals surface area (Å²) < 4.78 is 0. The van der Waals surface area contributed by atoms with Crippen molar-refractivity contribution in [1.82, 2.24) is 20.6 Å². The Morgan fingerprint density at radius 1 is 0.956 bits per heavy atom. The van der Waals surface area contributed by atoms with Gasteiger partial charge in [0, 0.05) is 42.7 Å². The predicted molar refractivity (Wildman–Crippen MR) is 180 cm³/mol. The Balaban J connectivity index is 0.000000321. The Bertz CT molecular complexity index is 1540. The number of hydrogen-bond donors (Lipinski definition) is 6. The summed E-state index contributed by atoms with van der Waals surface area (Å²) in [5, 5.41) is 25.8. The summed E-state index contributed by atoms with van der Waals surface area (Å²) in [4.78, 5) is 30.4. The number of anilines is 2. The Hall–Kier alpha value is -4.92. The molecular formula is C35H42N6O4. The minimum Gasteiger partial charge on any atom is -0.394 e. The molecule has 2 atom stereocenters.